The fourth-order valence-corrected chi connectivity index (χ4v) is 18.5. The Morgan fingerprint density at radius 3 is 0.829 bits per heavy atom. The molecule has 6 rings (SSSR count). The van der Waals surface area contributed by atoms with Gasteiger partial charge in [0.05, 0.1) is 0 Å². The summed E-state index contributed by atoms with van der Waals surface area (Å²) in [5, 5.41) is 6.93. The summed E-state index contributed by atoms with van der Waals surface area (Å²) in [6.07, 6.45) is 0. The molecule has 0 saturated carbocycles. The Labute approximate surface area is 264 Å². The van der Waals surface area contributed by atoms with E-state index in [1.807, 2.05) is 0 Å². The van der Waals surface area contributed by atoms with Crippen LogP contribution in [0, 0.1) is 0 Å². The van der Waals surface area contributed by atoms with Gasteiger partial charge < -0.3 is 0 Å². The summed E-state index contributed by atoms with van der Waals surface area (Å²) < 4.78 is 0. The van der Waals surface area contributed by atoms with Gasteiger partial charge in [0.1, 0.15) is 0 Å². The fraction of sp³-hybridized carbons (Fsp3) is 0. The molecular weight excluding hydrogens is 739 g/mol. The van der Waals surface area contributed by atoms with Crippen LogP contribution >= 0.6 is 24.1 Å². The van der Waals surface area contributed by atoms with Gasteiger partial charge in [-0.25, -0.2) is 0 Å². The van der Waals surface area contributed by atoms with E-state index in [9.17, 15) is 0 Å². The molecule has 6 aromatic carbocycles. The summed E-state index contributed by atoms with van der Waals surface area (Å²) in [5.41, 5.74) is 4.46. The van der Waals surface area contributed by atoms with Gasteiger partial charge in [-0.15, -0.1) is 0 Å². The van der Waals surface area contributed by atoms with Crippen LogP contribution in [-0.2, 0) is 22.4 Å². The van der Waals surface area contributed by atoms with Crippen LogP contribution < -0.4 is 31.8 Å². The third-order valence-corrected chi connectivity index (χ3v) is 19.7. The minimum absolute atomic E-state index is 0. The molecule has 0 saturated heterocycles. The average molecular weight is 769 g/mol. The van der Waals surface area contributed by atoms with E-state index in [1.165, 1.54) is 15.9 Å². The van der Waals surface area contributed by atoms with E-state index in [1.54, 1.807) is 0 Å². The van der Waals surface area contributed by atoms with Gasteiger partial charge in [-0.2, -0.15) is 0 Å². The standard InChI is InChI=1S/C37H30ClP2.Au/c38-40(35-25-13-4-14-26-35,36-27-15-5-16-28-36,37-29-17-6-18-30-37)31-39(32-19-7-1-8-20-32,33-21-9-2-10-22-33)34-23-11-3-12-24-34;/h1-30H;/q-1;+1. The van der Waals surface area contributed by atoms with Gasteiger partial charge in [-0.1, -0.05) is 0 Å². The van der Waals surface area contributed by atoms with Crippen molar-refractivity contribution in [1.82, 2.24) is 0 Å². The van der Waals surface area contributed by atoms with Crippen molar-refractivity contribution in [3.8, 4) is 0 Å². The molecule has 0 amide bonds. The zero-order chi connectivity index (χ0) is 27.3. The maximum Gasteiger partial charge on any atom is 1.00 e. The van der Waals surface area contributed by atoms with Crippen LogP contribution in [0.1, 0.15) is 0 Å². The summed E-state index contributed by atoms with van der Waals surface area (Å²) in [6.45, 7) is -2.56. The molecule has 0 spiro atoms. The van der Waals surface area contributed by atoms with Gasteiger partial charge in [-0.05, 0) is 0 Å². The topological polar surface area (TPSA) is 0 Å². The molecule has 0 unspecified atom stereocenters. The first-order valence-electron chi connectivity index (χ1n) is 13.4. The van der Waals surface area contributed by atoms with Gasteiger partial charge in [0.2, 0.25) is 0 Å². The van der Waals surface area contributed by atoms with E-state index in [4.69, 9.17) is 11.2 Å². The Morgan fingerprint density at radius 1 is 0.366 bits per heavy atom. The van der Waals surface area contributed by atoms with Gasteiger partial charge in [0.25, 0.3) is 0 Å². The molecule has 41 heavy (non-hydrogen) atoms. The van der Waals surface area contributed by atoms with Gasteiger partial charge >= 0.3 is 266 Å². The molecule has 0 bridgehead atoms. The van der Waals surface area contributed by atoms with Crippen LogP contribution in [0.2, 0.25) is 0 Å². The summed E-state index contributed by atoms with van der Waals surface area (Å²) in [7, 11) is 0. The molecule has 4 heteroatoms. The maximum atomic E-state index is 8.66. The monoisotopic (exact) mass is 768 g/mol. The van der Waals surface area contributed by atoms with Gasteiger partial charge in [0, 0.05) is 0 Å². The van der Waals surface area contributed by atoms with Crippen molar-refractivity contribution in [1.29, 1.82) is 0 Å². The molecule has 206 valence electrons. The van der Waals surface area contributed by atoms with E-state index in [0.29, 0.717) is 0 Å². The minimum Gasteiger partial charge on any atom is 1.00 e. The number of rotatable bonds is 7. The molecule has 0 aliphatic rings. The minimum atomic E-state index is -3.87. The van der Waals surface area contributed by atoms with E-state index >= 15 is 0 Å². The molecule has 0 N–H and O–H groups in total. The van der Waals surface area contributed by atoms with Gasteiger partial charge in [0.15, 0.2) is 0 Å². The third-order valence-electron chi connectivity index (χ3n) is 7.49. The molecule has 0 fully saturated rings. The molecule has 0 radical (unpaired) electrons. The molecule has 0 aliphatic heterocycles. The van der Waals surface area contributed by atoms with Crippen molar-refractivity contribution in [3.63, 3.8) is 0 Å². The molecule has 0 atom stereocenters. The number of halogens is 1. The molecule has 0 aliphatic carbocycles. The Hall–Kier alpha value is -2.92. The predicted molar refractivity (Wildman–Crippen MR) is 181 cm³/mol. The number of hydrogen-bond acceptors (Lipinski definition) is 0. The van der Waals surface area contributed by atoms with Gasteiger partial charge in [-0.3, -0.25) is 0 Å². The van der Waals surface area contributed by atoms with Crippen molar-refractivity contribution in [2.75, 3.05) is 0 Å². The Morgan fingerprint density at radius 2 is 0.585 bits per heavy atom. The average Bonchev–Trinajstić information content (AvgIpc) is 3.06. The quantitative estimate of drug-likeness (QED) is 0.0910. The Balaban J connectivity index is 0.00000337. The summed E-state index contributed by atoms with van der Waals surface area (Å²) in [4.78, 5) is 0. The van der Waals surface area contributed by atoms with Crippen LogP contribution in [0.4, 0.5) is 0 Å². The number of benzene rings is 6. The second kappa shape index (κ2) is 12.5. The van der Waals surface area contributed by atoms with E-state index in [2.05, 4.69) is 188 Å². The van der Waals surface area contributed by atoms with Crippen molar-refractivity contribution in [2.24, 2.45) is 0 Å². The Bertz CT molecular complexity index is 1540. The summed E-state index contributed by atoms with van der Waals surface area (Å²) in [6, 6.07) is 64.4. The zero-order valence-corrected chi connectivity index (χ0v) is 27.1. The van der Waals surface area contributed by atoms with Crippen LogP contribution in [-0.4, -0.2) is 5.54 Å². The molecule has 0 heterocycles. The van der Waals surface area contributed by atoms with Crippen LogP contribution in [0.15, 0.2) is 182 Å². The first-order valence-corrected chi connectivity index (χ1v) is 18.4. The normalized spacial score (nSPS) is 12.4. The van der Waals surface area contributed by atoms with Crippen LogP contribution in [0.3, 0.4) is 0 Å². The van der Waals surface area contributed by atoms with Crippen molar-refractivity contribution in [3.05, 3.63) is 182 Å². The number of hydrogen-bond donors (Lipinski definition) is 0. The van der Waals surface area contributed by atoms with E-state index < -0.39 is 12.8 Å². The molecule has 0 nitrogen and oxygen atoms in total. The summed E-state index contributed by atoms with van der Waals surface area (Å²) in [5.74, 6) is -3.87. The summed E-state index contributed by atoms with van der Waals surface area (Å²) >= 11 is 8.66. The van der Waals surface area contributed by atoms with Crippen molar-refractivity contribution < 1.29 is 22.4 Å². The fourth-order valence-electron chi connectivity index (χ4n) is 5.60. The van der Waals surface area contributed by atoms with Crippen LogP contribution in [0.25, 0.3) is 0 Å². The van der Waals surface area contributed by atoms with Crippen molar-refractivity contribution >= 4 is 61.4 Å². The Kier molecular flexibility index (Phi) is 9.03. The second-order valence-corrected chi connectivity index (χ2v) is 19.1. The molecular formula is C37H30AuClP2. The van der Waals surface area contributed by atoms with Crippen molar-refractivity contribution in [2.45, 2.75) is 0 Å². The second-order valence-electron chi connectivity index (χ2n) is 9.79. The first-order chi connectivity index (χ1) is 19.7. The third kappa shape index (κ3) is 5.16. The first kappa shape index (κ1) is 29.6. The zero-order valence-electron chi connectivity index (χ0n) is 22.4. The maximum absolute atomic E-state index is 8.66. The predicted octanol–water partition coefficient (Wildman–Crippen LogP) is 7.30. The SMILES string of the molecule is ClP([C-]=P(c1ccccc1)(c1ccccc1)c1ccccc1)(c1ccccc1)(c1ccccc1)c1ccccc1.[Au+]. The largest absolute Gasteiger partial charge is 1.00 e. The molecule has 0 aromatic heterocycles. The van der Waals surface area contributed by atoms with E-state index in [-0.39, 0.29) is 22.4 Å². The van der Waals surface area contributed by atoms with E-state index in [0.717, 1.165) is 15.9 Å². The smallest absolute Gasteiger partial charge is 1.00 e. The van der Waals surface area contributed by atoms with Crippen LogP contribution in [0.5, 0.6) is 0 Å². The molecule has 6 aromatic rings.